The van der Waals surface area contributed by atoms with Crippen molar-refractivity contribution in [3.63, 3.8) is 0 Å². The van der Waals surface area contributed by atoms with E-state index in [1.165, 1.54) is 6.33 Å². The second-order valence-corrected chi connectivity index (χ2v) is 1.56. The molecule has 2 N–H and O–H groups in total. The van der Waals surface area contributed by atoms with Crippen molar-refractivity contribution in [1.82, 2.24) is 10.1 Å². The number of H-pyrrole nitrogens is 1. The third-order valence-corrected chi connectivity index (χ3v) is 0.613. The first kappa shape index (κ1) is 11.2. The number of alkyl halides is 3. The predicted octanol–water partition coefficient (Wildman–Crippen LogP) is -0.00380. The molecule has 1 rings (SSSR count). The number of halogens is 3. The van der Waals surface area contributed by atoms with Crippen molar-refractivity contribution < 1.29 is 27.6 Å². The molecule has 9 heteroatoms. The second kappa shape index (κ2) is 4.28. The monoisotopic (exact) mass is 200 g/mol. The van der Waals surface area contributed by atoms with Gasteiger partial charge < -0.3 is 5.11 Å². The molecule has 0 fully saturated rings. The van der Waals surface area contributed by atoms with Gasteiger partial charge in [-0.3, -0.25) is 9.51 Å². The highest BCUT2D eigenvalue weighted by molar-refractivity contribution is 5.73. The van der Waals surface area contributed by atoms with Crippen LogP contribution in [0, 0.1) is 0 Å². The summed E-state index contributed by atoms with van der Waals surface area (Å²) in [5.74, 6) is -3.28. The predicted molar refractivity (Wildman–Crippen MR) is 30.8 cm³/mol. The molecule has 0 aliphatic heterocycles. The summed E-state index contributed by atoms with van der Waals surface area (Å²) in [4.78, 5) is 20.8. The number of aliphatic carboxylic acids is 1. The van der Waals surface area contributed by atoms with Gasteiger partial charge in [-0.1, -0.05) is 5.16 Å². The van der Waals surface area contributed by atoms with E-state index in [0.717, 1.165) is 0 Å². The van der Waals surface area contributed by atoms with E-state index in [-0.39, 0.29) is 0 Å². The van der Waals surface area contributed by atoms with E-state index in [9.17, 15) is 18.0 Å². The van der Waals surface area contributed by atoms with Crippen LogP contribution in [0.2, 0.25) is 0 Å². The number of carboxylic acid groups (broad SMARTS) is 1. The molecular weight excluding hydrogens is 197 g/mol. The van der Waals surface area contributed by atoms with Gasteiger partial charge >= 0.3 is 17.9 Å². The maximum Gasteiger partial charge on any atom is 0.490 e. The molecule has 1 aromatic rings. The fraction of sp³-hybridized carbons (Fsp3) is 0.250. The first-order valence-electron chi connectivity index (χ1n) is 2.63. The number of carboxylic acids is 1. The van der Waals surface area contributed by atoms with E-state index >= 15 is 0 Å². The number of aromatic nitrogens is 2. The zero-order valence-electron chi connectivity index (χ0n) is 5.83. The summed E-state index contributed by atoms with van der Waals surface area (Å²) in [6, 6.07) is 0. The molecule has 1 aromatic heterocycles. The van der Waals surface area contributed by atoms with E-state index in [1.54, 1.807) is 0 Å². The largest absolute Gasteiger partial charge is 0.490 e. The van der Waals surface area contributed by atoms with Crippen molar-refractivity contribution in [3.05, 3.63) is 16.9 Å². The lowest BCUT2D eigenvalue weighted by atomic mass is 10.7. The molecule has 0 bridgehead atoms. The van der Waals surface area contributed by atoms with Crippen molar-refractivity contribution in [2.24, 2.45) is 0 Å². The van der Waals surface area contributed by atoms with Crippen molar-refractivity contribution in [3.8, 4) is 0 Å². The third-order valence-electron chi connectivity index (χ3n) is 0.613. The smallest absolute Gasteiger partial charge is 0.475 e. The number of rotatable bonds is 0. The summed E-state index contributed by atoms with van der Waals surface area (Å²) >= 11 is 0. The zero-order valence-corrected chi connectivity index (χ0v) is 5.83. The maximum absolute atomic E-state index is 10.6. The Hall–Kier alpha value is -1.80. The summed E-state index contributed by atoms with van der Waals surface area (Å²) in [6.07, 6.45) is -3.90. The number of nitrogens with one attached hydrogen (secondary N) is 1. The van der Waals surface area contributed by atoms with E-state index in [0.29, 0.717) is 0 Å². The van der Waals surface area contributed by atoms with Gasteiger partial charge in [-0.15, -0.1) is 0 Å². The molecule has 0 unspecified atom stereocenters. The molecule has 0 saturated carbocycles. The zero-order chi connectivity index (χ0) is 10.5. The van der Waals surface area contributed by atoms with Crippen LogP contribution in [0.1, 0.15) is 0 Å². The molecule has 0 saturated heterocycles. The van der Waals surface area contributed by atoms with Crippen molar-refractivity contribution in [1.29, 1.82) is 0 Å². The molecule has 0 aromatic carbocycles. The molecule has 1 heterocycles. The van der Waals surface area contributed by atoms with Crippen LogP contribution in [0.15, 0.2) is 15.6 Å². The molecule has 13 heavy (non-hydrogen) atoms. The summed E-state index contributed by atoms with van der Waals surface area (Å²) in [5, 5.41) is 10.2. The van der Waals surface area contributed by atoms with E-state index in [1.807, 2.05) is 0 Å². The Morgan fingerprint density at radius 2 is 2.08 bits per heavy atom. The van der Waals surface area contributed by atoms with Gasteiger partial charge in [-0.05, 0) is 0 Å². The van der Waals surface area contributed by atoms with Gasteiger partial charge in [0.15, 0.2) is 0 Å². The summed E-state index contributed by atoms with van der Waals surface area (Å²) in [5.41, 5.74) is 0. The summed E-state index contributed by atoms with van der Waals surface area (Å²) < 4.78 is 35.7. The van der Waals surface area contributed by atoms with Gasteiger partial charge in [0.25, 0.3) is 0 Å². The minimum atomic E-state index is -5.08. The third kappa shape index (κ3) is 5.47. The Kier molecular flexibility index (Phi) is 3.69. The van der Waals surface area contributed by atoms with Gasteiger partial charge in [-0.2, -0.15) is 13.2 Å². The minimum absolute atomic E-state index is 0.519. The Morgan fingerprint density at radius 1 is 1.62 bits per heavy atom. The van der Waals surface area contributed by atoms with Crippen LogP contribution in [0.3, 0.4) is 0 Å². The molecule has 0 amide bonds. The second-order valence-electron chi connectivity index (χ2n) is 1.56. The van der Waals surface area contributed by atoms with Gasteiger partial charge in [-0.25, -0.2) is 9.59 Å². The van der Waals surface area contributed by atoms with Gasteiger partial charge in [0.1, 0.15) is 6.33 Å². The average molecular weight is 200 g/mol. The highest BCUT2D eigenvalue weighted by Crippen LogP contribution is 2.13. The fourth-order valence-electron chi connectivity index (χ4n) is 0.180. The number of carbonyl (C=O) groups is 1. The lowest BCUT2D eigenvalue weighted by Gasteiger charge is -1.93. The Bertz CT molecular complexity index is 297. The topological polar surface area (TPSA) is 96.2 Å². The molecule has 0 radical (unpaired) electrons. The summed E-state index contributed by atoms with van der Waals surface area (Å²) in [6.45, 7) is 0. The van der Waals surface area contributed by atoms with Gasteiger partial charge in [0.2, 0.25) is 0 Å². The fourth-order valence-corrected chi connectivity index (χ4v) is 0.180. The number of aromatic amines is 1. The standard InChI is InChI=1S/C2HF3O2.C2H2N2O2/c3-2(4,5)1(6)7;5-2-3-1-4-6-2/h(H,6,7);1H,(H,3,4,5). The van der Waals surface area contributed by atoms with Crippen LogP contribution in [-0.4, -0.2) is 27.4 Å². The van der Waals surface area contributed by atoms with E-state index < -0.39 is 17.9 Å². The lowest BCUT2D eigenvalue weighted by molar-refractivity contribution is -0.192. The average Bonchev–Trinajstić information content (AvgIpc) is 2.38. The van der Waals surface area contributed by atoms with Crippen molar-refractivity contribution in [2.75, 3.05) is 0 Å². The molecular formula is C4H3F3N2O4. The summed E-state index contributed by atoms with van der Waals surface area (Å²) in [7, 11) is 0. The SMILES string of the molecule is O=C(O)C(F)(F)F.O=c1[nH]cno1. The Balaban J connectivity index is 0.000000223. The van der Waals surface area contributed by atoms with E-state index in [2.05, 4.69) is 14.7 Å². The quantitative estimate of drug-likeness (QED) is 0.614. The van der Waals surface area contributed by atoms with Crippen molar-refractivity contribution >= 4 is 5.97 Å². The van der Waals surface area contributed by atoms with Crippen LogP contribution in [0.5, 0.6) is 0 Å². The number of hydrogen-bond donors (Lipinski definition) is 2. The maximum atomic E-state index is 10.6. The van der Waals surface area contributed by atoms with Crippen LogP contribution < -0.4 is 5.76 Å². The van der Waals surface area contributed by atoms with Gasteiger partial charge in [0.05, 0.1) is 0 Å². The van der Waals surface area contributed by atoms with Gasteiger partial charge in [0, 0.05) is 0 Å². The first-order chi connectivity index (χ1) is 5.84. The molecule has 0 aliphatic rings. The highest BCUT2D eigenvalue weighted by atomic mass is 19.4. The molecule has 0 aliphatic carbocycles. The number of hydrogen-bond acceptors (Lipinski definition) is 4. The van der Waals surface area contributed by atoms with E-state index in [4.69, 9.17) is 9.90 Å². The van der Waals surface area contributed by atoms with Crippen molar-refractivity contribution in [2.45, 2.75) is 6.18 Å². The molecule has 0 atom stereocenters. The molecule has 6 nitrogen and oxygen atoms in total. The van der Waals surface area contributed by atoms with Crippen LogP contribution in [0.4, 0.5) is 13.2 Å². The highest BCUT2D eigenvalue weighted by Gasteiger charge is 2.38. The minimum Gasteiger partial charge on any atom is -0.475 e. The van der Waals surface area contributed by atoms with Crippen LogP contribution in [0.25, 0.3) is 0 Å². The van der Waals surface area contributed by atoms with Crippen LogP contribution in [-0.2, 0) is 4.79 Å². The Morgan fingerprint density at radius 3 is 2.15 bits per heavy atom. The lowest BCUT2D eigenvalue weighted by Crippen LogP contribution is -2.21. The van der Waals surface area contributed by atoms with Crippen LogP contribution >= 0.6 is 0 Å². The first-order valence-corrected chi connectivity index (χ1v) is 2.63. The normalized spacial score (nSPS) is 10.1. The Labute approximate surface area is 68.0 Å². The number of nitrogens with zero attached hydrogens (tertiary/aromatic N) is 1. The molecule has 0 spiro atoms. The molecule has 74 valence electrons.